The summed E-state index contributed by atoms with van der Waals surface area (Å²) >= 11 is 20.4. The molecule has 1 aromatic carbocycles. The van der Waals surface area contributed by atoms with Crippen molar-refractivity contribution in [1.29, 1.82) is 0 Å². The molecular formula is C22H21Cl3N4OS. The van der Waals surface area contributed by atoms with E-state index in [9.17, 15) is 0 Å². The lowest BCUT2D eigenvalue weighted by Crippen LogP contribution is -2.11. The first-order chi connectivity index (χ1) is 14.7. The number of allylic oxidation sites excluding steroid dienone is 4. The van der Waals surface area contributed by atoms with Crippen LogP contribution in [0.25, 0.3) is 17.3 Å². The minimum atomic E-state index is -0.261. The Balaban J connectivity index is 1.93. The number of nitrogens with zero attached hydrogens (tertiary/aromatic N) is 4. The minimum absolute atomic E-state index is 0.0583. The molecule has 0 amide bonds. The second-order valence-corrected chi connectivity index (χ2v) is 10.3. The molecule has 162 valence electrons. The molecule has 31 heavy (non-hydrogen) atoms. The molecule has 1 atom stereocenters. The number of aromatic nitrogens is 4. The SMILES string of the molecule is CSc1c(-c2nnc(C(C)(C)C)o2)nn(-c2ccc(Cl)cc2Cl)c1C1C=CC(Cl)=CC1. The third-order valence-electron chi connectivity index (χ3n) is 4.89. The average Bonchev–Trinajstić information content (AvgIpc) is 3.33. The normalized spacial score (nSPS) is 16.6. The lowest BCUT2D eigenvalue weighted by molar-refractivity contribution is 0.398. The highest BCUT2D eigenvalue weighted by Crippen LogP contribution is 2.42. The monoisotopic (exact) mass is 494 g/mol. The van der Waals surface area contributed by atoms with Crippen molar-refractivity contribution in [3.8, 4) is 17.3 Å². The summed E-state index contributed by atoms with van der Waals surface area (Å²) in [5.74, 6) is 0.998. The predicted octanol–water partition coefficient (Wildman–Crippen LogP) is 7.41. The summed E-state index contributed by atoms with van der Waals surface area (Å²) in [6, 6.07) is 5.36. The van der Waals surface area contributed by atoms with Crippen molar-refractivity contribution in [1.82, 2.24) is 20.0 Å². The molecule has 0 radical (unpaired) electrons. The highest BCUT2D eigenvalue weighted by Gasteiger charge is 2.30. The average molecular weight is 496 g/mol. The van der Waals surface area contributed by atoms with Gasteiger partial charge in [0, 0.05) is 21.4 Å². The van der Waals surface area contributed by atoms with Gasteiger partial charge in [-0.1, -0.05) is 67.7 Å². The van der Waals surface area contributed by atoms with Gasteiger partial charge >= 0.3 is 0 Å². The van der Waals surface area contributed by atoms with Crippen LogP contribution in [0.2, 0.25) is 10.0 Å². The Morgan fingerprint density at radius 2 is 1.94 bits per heavy atom. The van der Waals surface area contributed by atoms with Gasteiger partial charge in [0.1, 0.15) is 0 Å². The third-order valence-corrected chi connectivity index (χ3v) is 6.52. The molecule has 1 unspecified atom stereocenters. The van der Waals surface area contributed by atoms with Crippen LogP contribution in [0.4, 0.5) is 0 Å². The maximum Gasteiger partial charge on any atom is 0.269 e. The van der Waals surface area contributed by atoms with E-state index in [4.69, 9.17) is 44.3 Å². The Morgan fingerprint density at radius 1 is 1.16 bits per heavy atom. The van der Waals surface area contributed by atoms with Crippen LogP contribution in [0, 0.1) is 0 Å². The molecule has 9 heteroatoms. The highest BCUT2D eigenvalue weighted by molar-refractivity contribution is 7.98. The van der Waals surface area contributed by atoms with Crippen molar-refractivity contribution in [2.24, 2.45) is 0 Å². The van der Waals surface area contributed by atoms with Gasteiger partial charge in [-0.25, -0.2) is 4.68 Å². The van der Waals surface area contributed by atoms with Gasteiger partial charge in [-0.2, -0.15) is 5.10 Å². The van der Waals surface area contributed by atoms with Crippen LogP contribution in [0.3, 0.4) is 0 Å². The van der Waals surface area contributed by atoms with Crippen LogP contribution in [0.5, 0.6) is 0 Å². The number of hydrogen-bond acceptors (Lipinski definition) is 5. The lowest BCUT2D eigenvalue weighted by Gasteiger charge is -2.18. The fourth-order valence-electron chi connectivity index (χ4n) is 3.34. The third kappa shape index (κ3) is 4.44. The zero-order valence-electron chi connectivity index (χ0n) is 17.5. The van der Waals surface area contributed by atoms with Gasteiger partial charge in [-0.05, 0) is 37.0 Å². The summed E-state index contributed by atoms with van der Waals surface area (Å²) in [7, 11) is 0. The molecule has 0 saturated heterocycles. The summed E-state index contributed by atoms with van der Waals surface area (Å²) < 4.78 is 7.87. The molecule has 0 spiro atoms. The van der Waals surface area contributed by atoms with Crippen LogP contribution in [-0.4, -0.2) is 26.2 Å². The molecule has 1 aliphatic rings. The Labute approximate surface area is 200 Å². The molecule has 4 rings (SSSR count). The number of benzene rings is 1. The van der Waals surface area contributed by atoms with Gasteiger partial charge in [0.15, 0.2) is 5.69 Å². The Bertz CT molecular complexity index is 1190. The highest BCUT2D eigenvalue weighted by atomic mass is 35.5. The number of halogens is 3. The van der Waals surface area contributed by atoms with Crippen molar-refractivity contribution in [3.63, 3.8) is 0 Å². The summed E-state index contributed by atoms with van der Waals surface area (Å²) in [5.41, 5.74) is 2.08. The number of hydrogen-bond donors (Lipinski definition) is 0. The molecule has 2 heterocycles. The summed E-state index contributed by atoms with van der Waals surface area (Å²) in [6.45, 7) is 6.08. The van der Waals surface area contributed by atoms with E-state index >= 15 is 0 Å². The lowest BCUT2D eigenvalue weighted by atomic mass is 9.96. The molecule has 0 bridgehead atoms. The molecule has 0 saturated carbocycles. The van der Waals surface area contributed by atoms with Gasteiger partial charge in [-0.3, -0.25) is 0 Å². The van der Waals surface area contributed by atoms with Crippen LogP contribution < -0.4 is 0 Å². The zero-order valence-corrected chi connectivity index (χ0v) is 20.6. The van der Waals surface area contributed by atoms with Crippen LogP contribution in [0.1, 0.15) is 44.7 Å². The standard InChI is InChI=1S/C22H21Cl3N4OS/c1-22(2,3)21-27-26-20(30-21)17-19(31-4)18(12-5-7-13(23)8-6-12)29(28-17)16-10-9-14(24)11-15(16)25/h5,7-12H,6H2,1-4H3. The van der Waals surface area contributed by atoms with E-state index < -0.39 is 0 Å². The van der Waals surface area contributed by atoms with E-state index in [1.807, 2.05) is 49.9 Å². The number of rotatable bonds is 4. The fraction of sp³-hybridized carbons (Fsp3) is 0.318. The molecule has 0 N–H and O–H groups in total. The molecule has 1 aliphatic carbocycles. The van der Waals surface area contributed by atoms with Crippen molar-refractivity contribution >= 4 is 46.6 Å². The maximum absolute atomic E-state index is 6.56. The molecule has 0 fully saturated rings. The largest absolute Gasteiger partial charge is 0.419 e. The van der Waals surface area contributed by atoms with Crippen molar-refractivity contribution in [2.75, 3.05) is 6.26 Å². The summed E-state index contributed by atoms with van der Waals surface area (Å²) in [4.78, 5) is 0.955. The van der Waals surface area contributed by atoms with Gasteiger partial charge < -0.3 is 4.42 Å². The minimum Gasteiger partial charge on any atom is -0.419 e. The van der Waals surface area contributed by atoms with Crippen LogP contribution in [-0.2, 0) is 5.41 Å². The van der Waals surface area contributed by atoms with Gasteiger partial charge in [0.05, 0.1) is 21.3 Å². The first-order valence-corrected chi connectivity index (χ1v) is 12.1. The fourth-order valence-corrected chi connectivity index (χ4v) is 4.76. The topological polar surface area (TPSA) is 56.7 Å². The van der Waals surface area contributed by atoms with E-state index in [0.29, 0.717) is 27.5 Å². The van der Waals surface area contributed by atoms with Crippen molar-refractivity contribution < 1.29 is 4.42 Å². The predicted molar refractivity (Wildman–Crippen MR) is 128 cm³/mol. The van der Waals surface area contributed by atoms with Gasteiger partial charge in [-0.15, -0.1) is 22.0 Å². The Kier molecular flexibility index (Phi) is 6.28. The van der Waals surface area contributed by atoms with E-state index in [2.05, 4.69) is 16.3 Å². The molecule has 0 aliphatic heterocycles. The number of thioether (sulfide) groups is 1. The Morgan fingerprint density at radius 3 is 2.52 bits per heavy atom. The first kappa shape index (κ1) is 22.5. The molecule has 2 aromatic heterocycles. The molecule has 3 aromatic rings. The quantitative estimate of drug-likeness (QED) is 0.353. The first-order valence-electron chi connectivity index (χ1n) is 9.69. The van der Waals surface area contributed by atoms with E-state index in [-0.39, 0.29) is 11.3 Å². The Hall–Kier alpha value is -1.73. The molecular weight excluding hydrogens is 475 g/mol. The van der Waals surface area contributed by atoms with Gasteiger partial charge in [0.25, 0.3) is 5.89 Å². The second-order valence-electron chi connectivity index (χ2n) is 8.23. The van der Waals surface area contributed by atoms with E-state index in [0.717, 1.165) is 27.7 Å². The smallest absolute Gasteiger partial charge is 0.269 e. The summed E-state index contributed by atoms with van der Waals surface area (Å²) in [6.07, 6.45) is 8.74. The summed E-state index contributed by atoms with van der Waals surface area (Å²) in [5, 5.41) is 15.2. The maximum atomic E-state index is 6.56. The van der Waals surface area contributed by atoms with Crippen LogP contribution in [0.15, 0.2) is 50.8 Å². The van der Waals surface area contributed by atoms with Gasteiger partial charge in [0.2, 0.25) is 5.89 Å². The van der Waals surface area contributed by atoms with E-state index in [1.165, 1.54) is 0 Å². The van der Waals surface area contributed by atoms with E-state index in [1.54, 1.807) is 23.9 Å². The zero-order chi connectivity index (χ0) is 22.3. The van der Waals surface area contributed by atoms with Crippen molar-refractivity contribution in [3.05, 3.63) is 63.1 Å². The van der Waals surface area contributed by atoms with Crippen LogP contribution >= 0.6 is 46.6 Å². The van der Waals surface area contributed by atoms with Crippen molar-refractivity contribution in [2.45, 2.75) is 43.4 Å². The molecule has 5 nitrogen and oxygen atoms in total. The second kappa shape index (κ2) is 8.66.